The van der Waals surface area contributed by atoms with Gasteiger partial charge in [0.25, 0.3) is 5.56 Å². The SMILES string of the molecule is CCC[C@H]1[C@H]2C[C@H](CN(Cc3nccc(OC)c3OC)C2)c2cccc(=O)n21. The van der Waals surface area contributed by atoms with Gasteiger partial charge in [-0.05, 0) is 24.8 Å². The van der Waals surface area contributed by atoms with E-state index in [1.165, 1.54) is 5.69 Å². The molecule has 2 aliphatic rings. The molecule has 6 nitrogen and oxygen atoms in total. The average molecular weight is 383 g/mol. The predicted octanol–water partition coefficient (Wildman–Crippen LogP) is 3.22. The standard InChI is InChI=1S/C22H29N3O3/c1-4-6-18-15-11-16(19-7-5-8-21(26)25(18)19)13-24(12-15)14-17-22(28-3)20(27-2)9-10-23-17/h5,7-10,15-16,18H,4,6,11-14H2,1-3H3/t15-,16+,18-/m0/s1. The summed E-state index contributed by atoms with van der Waals surface area (Å²) in [4.78, 5) is 19.6. The maximum Gasteiger partial charge on any atom is 0.250 e. The van der Waals surface area contributed by atoms with Crippen molar-refractivity contribution in [3.05, 3.63) is 52.2 Å². The molecule has 28 heavy (non-hydrogen) atoms. The lowest BCUT2D eigenvalue weighted by Crippen LogP contribution is -2.49. The molecule has 0 spiro atoms. The zero-order valence-electron chi connectivity index (χ0n) is 16.9. The molecule has 0 aliphatic carbocycles. The van der Waals surface area contributed by atoms with E-state index in [9.17, 15) is 4.79 Å². The summed E-state index contributed by atoms with van der Waals surface area (Å²) < 4.78 is 13.1. The number of pyridine rings is 2. The Labute approximate surface area is 166 Å². The van der Waals surface area contributed by atoms with Crippen molar-refractivity contribution in [2.24, 2.45) is 5.92 Å². The molecule has 4 heterocycles. The van der Waals surface area contributed by atoms with E-state index in [4.69, 9.17) is 9.47 Å². The molecule has 1 fully saturated rings. The molecular formula is C22H29N3O3. The Bertz CT molecular complexity index is 895. The van der Waals surface area contributed by atoms with E-state index in [1.54, 1.807) is 26.5 Å². The van der Waals surface area contributed by atoms with Gasteiger partial charge in [-0.15, -0.1) is 0 Å². The summed E-state index contributed by atoms with van der Waals surface area (Å²) in [6.07, 6.45) is 5.06. The first-order valence-corrected chi connectivity index (χ1v) is 10.2. The van der Waals surface area contributed by atoms with E-state index in [1.807, 2.05) is 12.1 Å². The normalized spacial score (nSPS) is 23.9. The van der Waals surface area contributed by atoms with Crippen molar-refractivity contribution in [1.29, 1.82) is 0 Å². The zero-order valence-corrected chi connectivity index (χ0v) is 16.9. The number of hydrogen-bond donors (Lipinski definition) is 0. The van der Waals surface area contributed by atoms with Crippen molar-refractivity contribution in [3.8, 4) is 11.5 Å². The number of methoxy groups -OCH3 is 2. The number of ether oxygens (including phenoxy) is 2. The van der Waals surface area contributed by atoms with Gasteiger partial charge in [-0.3, -0.25) is 14.7 Å². The molecule has 0 saturated carbocycles. The van der Waals surface area contributed by atoms with E-state index < -0.39 is 0 Å². The van der Waals surface area contributed by atoms with Crippen molar-refractivity contribution >= 4 is 0 Å². The van der Waals surface area contributed by atoms with Gasteiger partial charge < -0.3 is 14.0 Å². The third kappa shape index (κ3) is 3.30. The van der Waals surface area contributed by atoms with Crippen LogP contribution in [0.2, 0.25) is 0 Å². The minimum absolute atomic E-state index is 0.148. The molecule has 0 amide bonds. The largest absolute Gasteiger partial charge is 0.493 e. The molecule has 4 rings (SSSR count). The number of hydrogen-bond acceptors (Lipinski definition) is 5. The highest BCUT2D eigenvalue weighted by atomic mass is 16.5. The summed E-state index contributed by atoms with van der Waals surface area (Å²) in [6, 6.07) is 7.86. The van der Waals surface area contributed by atoms with Crippen LogP contribution >= 0.6 is 0 Å². The van der Waals surface area contributed by atoms with Crippen LogP contribution in [0.5, 0.6) is 11.5 Å². The maximum atomic E-state index is 12.6. The highest BCUT2D eigenvalue weighted by Gasteiger charge is 2.40. The van der Waals surface area contributed by atoms with Crippen LogP contribution in [-0.2, 0) is 6.54 Å². The average Bonchev–Trinajstić information content (AvgIpc) is 2.71. The third-order valence-corrected chi connectivity index (χ3v) is 6.20. The van der Waals surface area contributed by atoms with Crippen LogP contribution in [0.15, 0.2) is 35.3 Å². The van der Waals surface area contributed by atoms with E-state index in [0.717, 1.165) is 44.6 Å². The van der Waals surface area contributed by atoms with Gasteiger partial charge in [-0.2, -0.15) is 0 Å². The van der Waals surface area contributed by atoms with Crippen molar-refractivity contribution in [2.45, 2.75) is 44.7 Å². The molecule has 0 radical (unpaired) electrons. The molecule has 2 aliphatic heterocycles. The van der Waals surface area contributed by atoms with Crippen LogP contribution < -0.4 is 15.0 Å². The Morgan fingerprint density at radius 2 is 2.04 bits per heavy atom. The van der Waals surface area contributed by atoms with E-state index >= 15 is 0 Å². The first-order chi connectivity index (χ1) is 13.7. The number of aromatic nitrogens is 2. The van der Waals surface area contributed by atoms with Crippen LogP contribution in [0.25, 0.3) is 0 Å². The van der Waals surface area contributed by atoms with Gasteiger partial charge in [0.05, 0.1) is 14.2 Å². The van der Waals surface area contributed by atoms with Gasteiger partial charge in [-0.1, -0.05) is 19.4 Å². The van der Waals surface area contributed by atoms with Gasteiger partial charge in [0.2, 0.25) is 0 Å². The summed E-state index contributed by atoms with van der Waals surface area (Å²) >= 11 is 0. The minimum Gasteiger partial charge on any atom is -0.493 e. The molecule has 150 valence electrons. The fourth-order valence-corrected chi connectivity index (χ4v) is 5.11. The third-order valence-electron chi connectivity index (χ3n) is 6.20. The molecule has 1 saturated heterocycles. The quantitative estimate of drug-likeness (QED) is 0.767. The molecule has 3 atom stereocenters. The number of rotatable bonds is 6. The summed E-state index contributed by atoms with van der Waals surface area (Å²) in [5.74, 6) is 2.30. The van der Waals surface area contributed by atoms with Gasteiger partial charge in [0.1, 0.15) is 5.69 Å². The van der Waals surface area contributed by atoms with Crippen molar-refractivity contribution < 1.29 is 9.47 Å². The summed E-state index contributed by atoms with van der Waals surface area (Å²) in [7, 11) is 3.31. The Morgan fingerprint density at radius 3 is 2.79 bits per heavy atom. The van der Waals surface area contributed by atoms with Crippen molar-refractivity contribution in [3.63, 3.8) is 0 Å². The smallest absolute Gasteiger partial charge is 0.250 e. The second-order valence-electron chi connectivity index (χ2n) is 7.89. The first kappa shape index (κ1) is 19.0. The number of fused-ring (bicyclic) bond motifs is 4. The Balaban J connectivity index is 1.64. The van der Waals surface area contributed by atoms with Gasteiger partial charge in [-0.25, -0.2) is 0 Å². The second kappa shape index (κ2) is 7.95. The predicted molar refractivity (Wildman–Crippen MR) is 108 cm³/mol. The Hall–Kier alpha value is -2.34. The first-order valence-electron chi connectivity index (χ1n) is 10.2. The molecular weight excluding hydrogens is 354 g/mol. The van der Waals surface area contributed by atoms with Crippen LogP contribution in [0.1, 0.15) is 49.5 Å². The lowest BCUT2D eigenvalue weighted by molar-refractivity contribution is 0.0802. The van der Waals surface area contributed by atoms with Crippen LogP contribution in [-0.4, -0.2) is 41.8 Å². The van der Waals surface area contributed by atoms with Crippen LogP contribution in [0, 0.1) is 5.92 Å². The summed E-state index contributed by atoms with van der Waals surface area (Å²) in [6.45, 7) is 4.83. The molecule has 2 bridgehead atoms. The molecule has 6 heteroatoms. The van der Waals surface area contributed by atoms with Gasteiger partial charge >= 0.3 is 0 Å². The highest BCUT2D eigenvalue weighted by Crippen LogP contribution is 2.43. The van der Waals surface area contributed by atoms with Crippen molar-refractivity contribution in [1.82, 2.24) is 14.5 Å². The fourth-order valence-electron chi connectivity index (χ4n) is 5.11. The van der Waals surface area contributed by atoms with E-state index in [0.29, 0.717) is 23.3 Å². The maximum absolute atomic E-state index is 12.6. The zero-order chi connectivity index (χ0) is 19.7. The van der Waals surface area contributed by atoms with Crippen LogP contribution in [0.3, 0.4) is 0 Å². The number of likely N-dealkylation sites (tertiary alicyclic amines) is 1. The Kier molecular flexibility index (Phi) is 5.40. The molecule has 2 aromatic rings. The van der Waals surface area contributed by atoms with E-state index in [2.05, 4.69) is 27.4 Å². The summed E-state index contributed by atoms with van der Waals surface area (Å²) in [5, 5.41) is 0. The number of piperidine rings is 1. The fraction of sp³-hybridized carbons (Fsp3) is 0.545. The molecule has 0 unspecified atom stereocenters. The van der Waals surface area contributed by atoms with Crippen molar-refractivity contribution in [2.75, 3.05) is 27.3 Å². The molecule has 0 N–H and O–H groups in total. The monoisotopic (exact) mass is 383 g/mol. The van der Waals surface area contributed by atoms with E-state index in [-0.39, 0.29) is 11.6 Å². The number of nitrogens with zero attached hydrogens (tertiary/aromatic N) is 3. The second-order valence-corrected chi connectivity index (χ2v) is 7.89. The highest BCUT2D eigenvalue weighted by molar-refractivity contribution is 5.42. The lowest BCUT2D eigenvalue weighted by Gasteiger charge is -2.47. The minimum atomic E-state index is 0.148. The van der Waals surface area contributed by atoms with Crippen LogP contribution in [0.4, 0.5) is 0 Å². The summed E-state index contributed by atoms with van der Waals surface area (Å²) in [5.41, 5.74) is 2.24. The Morgan fingerprint density at radius 1 is 1.18 bits per heavy atom. The lowest BCUT2D eigenvalue weighted by atomic mass is 9.77. The molecule has 2 aromatic heterocycles. The molecule has 0 aromatic carbocycles. The van der Waals surface area contributed by atoms with Gasteiger partial charge in [0, 0.05) is 55.6 Å². The van der Waals surface area contributed by atoms with Gasteiger partial charge in [0.15, 0.2) is 11.5 Å². The topological polar surface area (TPSA) is 56.6 Å².